The molecule has 0 bridgehead atoms. The molecule has 0 aliphatic heterocycles. The second-order valence-electron chi connectivity index (χ2n) is 1.79. The largest absolute Gasteiger partial charge is 0.542 e. The summed E-state index contributed by atoms with van der Waals surface area (Å²) in [5.74, 6) is -0.755. The Kier molecular flexibility index (Phi) is 18.7. The summed E-state index contributed by atoms with van der Waals surface area (Å²) < 4.78 is 0. The number of carboxylic acid groups (broad SMARTS) is 1. The number of hydrogen-bond acceptors (Lipinski definition) is 2. The van der Waals surface area contributed by atoms with Crippen LogP contribution < -0.4 is 0 Å². The summed E-state index contributed by atoms with van der Waals surface area (Å²) in [5, 5.41) is 7.42. The van der Waals surface area contributed by atoms with E-state index in [0.29, 0.717) is 0 Å². The summed E-state index contributed by atoms with van der Waals surface area (Å²) in [6, 6.07) is 0. The minimum Gasteiger partial charge on any atom is -0.542 e. The van der Waals surface area contributed by atoms with E-state index < -0.39 is 5.97 Å². The third-order valence-electron chi connectivity index (χ3n) is 0.236. The van der Waals surface area contributed by atoms with Gasteiger partial charge in [0, 0.05) is 23.4 Å². The van der Waals surface area contributed by atoms with E-state index >= 15 is 0 Å². The molecule has 0 rings (SSSR count). The average Bonchev–Trinajstić information content (AvgIpc) is 1.65. The molecule has 0 saturated carbocycles. The molecule has 0 saturated heterocycles. The maximum atomic E-state index is 9.38. The van der Waals surface area contributed by atoms with E-state index in [0.717, 1.165) is 6.92 Å². The van der Waals surface area contributed by atoms with Gasteiger partial charge in [-0.05, 0) is 0 Å². The van der Waals surface area contributed by atoms with Gasteiger partial charge in [0.05, 0.1) is 0 Å². The van der Waals surface area contributed by atoms with Gasteiger partial charge in [-0.1, -0.05) is 13.8 Å². The standard InChI is InChI=1S/C4H7O.C2H4O2.Ni/c1-4(2)3-5;1-2(3)4;/h4H,1-2H3;1H3,(H,3,4);/q-1;;. The summed E-state index contributed by atoms with van der Waals surface area (Å²) >= 11 is 0. The van der Waals surface area contributed by atoms with Gasteiger partial charge in [-0.25, -0.2) is 0 Å². The molecule has 3 nitrogen and oxygen atoms in total. The minimum atomic E-state index is -0.833. The van der Waals surface area contributed by atoms with E-state index in [1.165, 1.54) is 0 Å². The van der Waals surface area contributed by atoms with Gasteiger partial charge in [-0.2, -0.15) is 0 Å². The van der Waals surface area contributed by atoms with Crippen molar-refractivity contribution in [1.29, 1.82) is 0 Å². The molecule has 0 unspecified atom stereocenters. The Morgan fingerprint density at radius 3 is 1.60 bits per heavy atom. The van der Waals surface area contributed by atoms with Crippen LogP contribution in [0.4, 0.5) is 0 Å². The molecule has 64 valence electrons. The maximum Gasteiger partial charge on any atom is 0.300 e. The second kappa shape index (κ2) is 11.4. The van der Waals surface area contributed by atoms with Gasteiger partial charge in [0.1, 0.15) is 0 Å². The van der Waals surface area contributed by atoms with Gasteiger partial charge in [-0.15, -0.1) is 5.92 Å². The Morgan fingerprint density at radius 1 is 1.50 bits per heavy atom. The molecule has 0 amide bonds. The third-order valence-corrected chi connectivity index (χ3v) is 0.236. The second-order valence-corrected chi connectivity index (χ2v) is 1.79. The third kappa shape index (κ3) is 126. The van der Waals surface area contributed by atoms with Crippen molar-refractivity contribution in [3.05, 3.63) is 0 Å². The molecular weight excluding hydrogens is 179 g/mol. The zero-order valence-electron chi connectivity index (χ0n) is 6.16. The summed E-state index contributed by atoms with van der Waals surface area (Å²) in [6.07, 6.45) is 1.78. The molecule has 0 aliphatic carbocycles. The van der Waals surface area contributed by atoms with Gasteiger partial charge < -0.3 is 9.90 Å². The molecule has 4 heteroatoms. The van der Waals surface area contributed by atoms with Crippen LogP contribution in [-0.4, -0.2) is 17.4 Å². The van der Waals surface area contributed by atoms with Crippen molar-refractivity contribution in [3.63, 3.8) is 0 Å². The fraction of sp³-hybridized carbons (Fsp3) is 0.667. The maximum absolute atomic E-state index is 9.38. The summed E-state index contributed by atoms with van der Waals surface area (Å²) in [4.78, 5) is 18.4. The molecular formula is C6H11NiO3-. The number of hydrogen-bond donors (Lipinski definition) is 1. The Labute approximate surface area is 70.7 Å². The van der Waals surface area contributed by atoms with E-state index in [2.05, 4.69) is 0 Å². The van der Waals surface area contributed by atoms with Crippen molar-refractivity contribution in [2.75, 3.05) is 0 Å². The van der Waals surface area contributed by atoms with E-state index in [9.17, 15) is 4.79 Å². The summed E-state index contributed by atoms with van der Waals surface area (Å²) in [5.41, 5.74) is 0. The van der Waals surface area contributed by atoms with Crippen LogP contribution in [-0.2, 0) is 26.1 Å². The van der Waals surface area contributed by atoms with Crippen molar-refractivity contribution in [2.45, 2.75) is 20.8 Å². The molecule has 0 fully saturated rings. The number of carboxylic acids is 1. The van der Waals surface area contributed by atoms with Crippen LogP contribution in [0.25, 0.3) is 0 Å². The fourth-order valence-corrected chi connectivity index (χ4v) is 0. The monoisotopic (exact) mass is 189 g/mol. The number of carbonyl (C=O) groups is 1. The first-order valence-corrected chi connectivity index (χ1v) is 2.58. The van der Waals surface area contributed by atoms with E-state index in [1.807, 2.05) is 0 Å². The smallest absolute Gasteiger partial charge is 0.300 e. The fourth-order valence-electron chi connectivity index (χ4n) is 0. The van der Waals surface area contributed by atoms with Gasteiger partial charge in [0.25, 0.3) is 5.97 Å². The van der Waals surface area contributed by atoms with Gasteiger partial charge in [-0.3, -0.25) is 11.1 Å². The number of aliphatic carboxylic acids is 1. The van der Waals surface area contributed by atoms with Crippen molar-refractivity contribution in [1.82, 2.24) is 0 Å². The first-order chi connectivity index (χ1) is 4.00. The van der Waals surface area contributed by atoms with Gasteiger partial charge >= 0.3 is 0 Å². The van der Waals surface area contributed by atoms with Crippen LogP contribution in [0.5, 0.6) is 0 Å². The molecule has 0 radical (unpaired) electrons. The van der Waals surface area contributed by atoms with Gasteiger partial charge in [0.15, 0.2) is 0 Å². The molecule has 0 aliphatic rings. The van der Waals surface area contributed by atoms with Crippen LogP contribution >= 0.6 is 0 Å². The van der Waals surface area contributed by atoms with Crippen LogP contribution in [0.1, 0.15) is 20.8 Å². The first-order valence-electron chi connectivity index (χ1n) is 2.58. The van der Waals surface area contributed by atoms with E-state index in [4.69, 9.17) is 9.90 Å². The molecule has 0 heterocycles. The predicted octanol–water partition coefficient (Wildman–Crippen LogP) is 0.841. The van der Waals surface area contributed by atoms with E-state index in [1.54, 1.807) is 20.1 Å². The average molecular weight is 190 g/mol. The Morgan fingerprint density at radius 2 is 1.60 bits per heavy atom. The quantitative estimate of drug-likeness (QED) is 0.492. The van der Waals surface area contributed by atoms with Crippen LogP contribution in [0.3, 0.4) is 0 Å². The minimum absolute atomic E-state index is 0. The van der Waals surface area contributed by atoms with Crippen molar-refractivity contribution >= 4 is 12.3 Å². The number of carbonyl (C=O) groups excluding carboxylic acids is 1. The zero-order valence-corrected chi connectivity index (χ0v) is 7.14. The molecule has 10 heavy (non-hydrogen) atoms. The molecule has 0 aromatic carbocycles. The molecule has 0 aromatic heterocycles. The molecule has 1 N–H and O–H groups in total. The predicted molar refractivity (Wildman–Crippen MR) is 33.8 cm³/mol. The number of rotatable bonds is 1. The first kappa shape index (κ1) is 16.3. The summed E-state index contributed by atoms with van der Waals surface area (Å²) in [6.45, 7) is 4.68. The SMILES string of the molecule is CC(=O)O.CC(C)[C-]=O.[Ni]. The van der Waals surface area contributed by atoms with Crippen molar-refractivity contribution < 1.29 is 31.2 Å². The molecule has 0 atom stereocenters. The van der Waals surface area contributed by atoms with Crippen molar-refractivity contribution in [3.8, 4) is 0 Å². The van der Waals surface area contributed by atoms with Crippen molar-refractivity contribution in [2.24, 2.45) is 5.92 Å². The Hall–Kier alpha value is -0.366. The zero-order chi connectivity index (χ0) is 7.86. The molecule has 0 aromatic rings. The normalized spacial score (nSPS) is 6.80. The Bertz CT molecular complexity index is 87.0. The Balaban J connectivity index is -0.0000000910. The van der Waals surface area contributed by atoms with Gasteiger partial charge in [0.2, 0.25) is 0 Å². The van der Waals surface area contributed by atoms with Crippen LogP contribution in [0, 0.1) is 5.92 Å². The van der Waals surface area contributed by atoms with E-state index in [-0.39, 0.29) is 22.4 Å². The molecule has 0 spiro atoms. The van der Waals surface area contributed by atoms with Crippen LogP contribution in [0.15, 0.2) is 0 Å². The topological polar surface area (TPSA) is 54.4 Å². The van der Waals surface area contributed by atoms with Crippen LogP contribution in [0.2, 0.25) is 0 Å². The summed E-state index contributed by atoms with van der Waals surface area (Å²) in [7, 11) is 0.